The highest BCUT2D eigenvalue weighted by Gasteiger charge is 2.35. The predicted octanol–water partition coefficient (Wildman–Crippen LogP) is 4.94. The minimum absolute atomic E-state index is 0.130. The molecule has 6 nitrogen and oxygen atoms in total. The Kier molecular flexibility index (Phi) is 5.07. The Morgan fingerprint density at radius 1 is 1.03 bits per heavy atom. The molecule has 2 N–H and O–H groups in total. The number of para-hydroxylation sites is 1. The van der Waals surface area contributed by atoms with Gasteiger partial charge in [-0.2, -0.15) is 0 Å². The van der Waals surface area contributed by atoms with Crippen molar-refractivity contribution in [3.8, 4) is 17.2 Å². The van der Waals surface area contributed by atoms with Crippen molar-refractivity contribution in [2.75, 3.05) is 24.4 Å². The number of benzene rings is 3. The molecule has 0 aliphatic carbocycles. The first-order valence-electron chi connectivity index (χ1n) is 8.93. The molecule has 148 valence electrons. The van der Waals surface area contributed by atoms with Crippen molar-refractivity contribution < 1.29 is 19.4 Å². The fourth-order valence-corrected chi connectivity index (χ4v) is 3.81. The number of carbonyl (C=O) groups is 1. The lowest BCUT2D eigenvalue weighted by Crippen LogP contribution is -2.43. The maximum absolute atomic E-state index is 13.5. The summed E-state index contributed by atoms with van der Waals surface area (Å²) in [5.41, 5.74) is 2.72. The third-order valence-corrected chi connectivity index (χ3v) is 5.50. The number of methoxy groups -OCH3 is 2. The van der Waals surface area contributed by atoms with Gasteiger partial charge in [0, 0.05) is 11.8 Å². The van der Waals surface area contributed by atoms with Crippen molar-refractivity contribution >= 4 is 33.2 Å². The van der Waals surface area contributed by atoms with Crippen LogP contribution in [0.15, 0.2) is 65.1 Å². The van der Waals surface area contributed by atoms with E-state index in [-0.39, 0.29) is 11.7 Å². The topological polar surface area (TPSA) is 71.0 Å². The van der Waals surface area contributed by atoms with E-state index in [1.54, 1.807) is 61.6 Å². The molecule has 7 heteroatoms. The van der Waals surface area contributed by atoms with Crippen molar-refractivity contribution in [3.05, 3.63) is 76.3 Å². The lowest BCUT2D eigenvalue weighted by Gasteiger charge is -2.38. The Balaban J connectivity index is 1.90. The maximum atomic E-state index is 13.5. The molecule has 0 radical (unpaired) electrons. The Morgan fingerprint density at radius 2 is 1.83 bits per heavy atom. The van der Waals surface area contributed by atoms with Crippen molar-refractivity contribution in [3.63, 3.8) is 0 Å². The first-order chi connectivity index (χ1) is 14.0. The summed E-state index contributed by atoms with van der Waals surface area (Å²) in [6.45, 7) is 0. The van der Waals surface area contributed by atoms with E-state index in [4.69, 9.17) is 9.47 Å². The van der Waals surface area contributed by atoms with Gasteiger partial charge in [0.15, 0.2) is 0 Å². The number of nitrogens with zero attached hydrogens (tertiary/aromatic N) is 1. The van der Waals surface area contributed by atoms with Gasteiger partial charge in [0.25, 0.3) is 5.91 Å². The van der Waals surface area contributed by atoms with Gasteiger partial charge in [-0.15, -0.1) is 0 Å². The van der Waals surface area contributed by atoms with Crippen LogP contribution in [-0.4, -0.2) is 25.2 Å². The number of fused-ring (bicyclic) bond motifs is 1. The second-order valence-corrected chi connectivity index (χ2v) is 7.37. The minimum atomic E-state index is -0.503. The zero-order valence-electron chi connectivity index (χ0n) is 15.8. The zero-order chi connectivity index (χ0) is 20.5. The third-order valence-electron chi connectivity index (χ3n) is 4.86. The largest absolute Gasteiger partial charge is 0.507 e. The zero-order valence-corrected chi connectivity index (χ0v) is 17.4. The van der Waals surface area contributed by atoms with E-state index in [0.29, 0.717) is 27.2 Å². The number of anilines is 2. The number of ether oxygens (including phenoxy) is 2. The summed E-state index contributed by atoms with van der Waals surface area (Å²) in [6.07, 6.45) is -0.503. The summed E-state index contributed by atoms with van der Waals surface area (Å²) in [4.78, 5) is 15.2. The Bertz CT molecular complexity index is 1090. The Morgan fingerprint density at radius 3 is 2.55 bits per heavy atom. The monoisotopic (exact) mass is 454 g/mol. The van der Waals surface area contributed by atoms with Crippen molar-refractivity contribution in [2.45, 2.75) is 6.17 Å². The molecule has 0 saturated heterocycles. The standard InChI is InChI=1S/C22H19BrN2O4/c1-28-14-8-9-18(20(12-14)29-2)25-21(13-7-10-19(26)16(23)11-13)24-17-6-4-3-5-15(17)22(25)27/h3-12,21,24,26H,1-2H3. The highest BCUT2D eigenvalue weighted by molar-refractivity contribution is 9.10. The summed E-state index contributed by atoms with van der Waals surface area (Å²) < 4.78 is 11.4. The molecule has 29 heavy (non-hydrogen) atoms. The van der Waals surface area contributed by atoms with Crippen molar-refractivity contribution in [1.82, 2.24) is 0 Å². The van der Waals surface area contributed by atoms with Crippen LogP contribution < -0.4 is 19.7 Å². The van der Waals surface area contributed by atoms with Crippen LogP contribution in [0.4, 0.5) is 11.4 Å². The van der Waals surface area contributed by atoms with E-state index in [1.807, 2.05) is 18.2 Å². The molecular formula is C22H19BrN2O4. The summed E-state index contributed by atoms with van der Waals surface area (Å²) in [5, 5.41) is 13.3. The van der Waals surface area contributed by atoms with Crippen LogP contribution in [0.25, 0.3) is 0 Å². The van der Waals surface area contributed by atoms with Gasteiger partial charge in [0.2, 0.25) is 0 Å². The van der Waals surface area contributed by atoms with Gasteiger partial charge in [-0.1, -0.05) is 18.2 Å². The van der Waals surface area contributed by atoms with E-state index in [1.165, 1.54) is 0 Å². The summed E-state index contributed by atoms with van der Waals surface area (Å²) in [6, 6.07) is 17.9. The molecule has 1 unspecified atom stereocenters. The Hall–Kier alpha value is -3.19. The van der Waals surface area contributed by atoms with Gasteiger partial charge in [-0.05, 0) is 57.9 Å². The number of phenolic OH excluding ortho intramolecular Hbond substituents is 1. The minimum Gasteiger partial charge on any atom is -0.507 e. The number of hydrogen-bond donors (Lipinski definition) is 2. The second-order valence-electron chi connectivity index (χ2n) is 6.52. The average Bonchev–Trinajstić information content (AvgIpc) is 2.75. The molecule has 1 aliphatic heterocycles. The summed E-state index contributed by atoms with van der Waals surface area (Å²) in [7, 11) is 3.13. The van der Waals surface area contributed by atoms with Gasteiger partial charge >= 0.3 is 0 Å². The summed E-state index contributed by atoms with van der Waals surface area (Å²) >= 11 is 3.36. The number of hydrogen-bond acceptors (Lipinski definition) is 5. The number of halogens is 1. The van der Waals surface area contributed by atoms with Crippen LogP contribution >= 0.6 is 15.9 Å². The van der Waals surface area contributed by atoms with Gasteiger partial charge in [0.05, 0.1) is 29.9 Å². The van der Waals surface area contributed by atoms with Crippen LogP contribution in [0.1, 0.15) is 22.1 Å². The highest BCUT2D eigenvalue weighted by atomic mass is 79.9. The number of phenols is 1. The number of carbonyl (C=O) groups excluding carboxylic acids is 1. The van der Waals surface area contributed by atoms with Crippen LogP contribution in [0.3, 0.4) is 0 Å². The normalized spacial score (nSPS) is 15.5. The molecule has 1 amide bonds. The number of nitrogens with one attached hydrogen (secondary N) is 1. The number of amides is 1. The van der Waals surface area contributed by atoms with Crippen molar-refractivity contribution in [2.24, 2.45) is 0 Å². The van der Waals surface area contributed by atoms with Gasteiger partial charge in [-0.25, -0.2) is 0 Å². The molecule has 0 saturated carbocycles. The van der Waals surface area contributed by atoms with E-state index in [2.05, 4.69) is 21.2 Å². The highest BCUT2D eigenvalue weighted by Crippen LogP contribution is 2.42. The van der Waals surface area contributed by atoms with E-state index >= 15 is 0 Å². The van der Waals surface area contributed by atoms with Crippen LogP contribution in [0, 0.1) is 0 Å². The molecule has 0 fully saturated rings. The van der Waals surface area contributed by atoms with Crippen molar-refractivity contribution in [1.29, 1.82) is 0 Å². The van der Waals surface area contributed by atoms with Crippen LogP contribution in [0.5, 0.6) is 17.2 Å². The van der Waals surface area contributed by atoms with Gasteiger partial charge in [0.1, 0.15) is 23.4 Å². The lowest BCUT2D eigenvalue weighted by molar-refractivity contribution is 0.0974. The smallest absolute Gasteiger partial charge is 0.262 e. The molecule has 3 aromatic carbocycles. The van der Waals surface area contributed by atoms with Crippen LogP contribution in [-0.2, 0) is 0 Å². The SMILES string of the molecule is COc1ccc(N2C(=O)c3ccccc3NC2c2ccc(O)c(Br)c2)c(OC)c1. The summed E-state index contributed by atoms with van der Waals surface area (Å²) in [5.74, 6) is 1.12. The lowest BCUT2D eigenvalue weighted by atomic mass is 10.0. The molecule has 1 atom stereocenters. The third kappa shape index (κ3) is 3.38. The molecule has 4 rings (SSSR count). The first kappa shape index (κ1) is 19.1. The molecule has 3 aromatic rings. The number of rotatable bonds is 4. The van der Waals surface area contributed by atoms with E-state index in [9.17, 15) is 9.90 Å². The molecule has 0 aromatic heterocycles. The predicted molar refractivity (Wildman–Crippen MR) is 115 cm³/mol. The fraction of sp³-hybridized carbons (Fsp3) is 0.136. The molecule has 1 aliphatic rings. The maximum Gasteiger partial charge on any atom is 0.262 e. The number of aromatic hydroxyl groups is 1. The second kappa shape index (κ2) is 7.67. The van der Waals surface area contributed by atoms with E-state index < -0.39 is 6.17 Å². The Labute approximate surface area is 176 Å². The van der Waals surface area contributed by atoms with Gasteiger partial charge in [-0.3, -0.25) is 9.69 Å². The molecular weight excluding hydrogens is 436 g/mol. The average molecular weight is 455 g/mol. The first-order valence-corrected chi connectivity index (χ1v) is 9.72. The molecule has 0 bridgehead atoms. The van der Waals surface area contributed by atoms with Crippen LogP contribution in [0.2, 0.25) is 0 Å². The van der Waals surface area contributed by atoms with E-state index in [0.717, 1.165) is 11.3 Å². The molecule has 0 spiro atoms. The quantitative estimate of drug-likeness (QED) is 0.583. The fourth-order valence-electron chi connectivity index (χ4n) is 3.41. The molecule has 1 heterocycles. The van der Waals surface area contributed by atoms with Gasteiger partial charge < -0.3 is 19.9 Å².